The number of ether oxygens (including phenoxy) is 1. The first-order valence-electron chi connectivity index (χ1n) is 10.0. The van der Waals surface area contributed by atoms with E-state index in [1.54, 1.807) is 6.33 Å². The Morgan fingerprint density at radius 3 is 2.71 bits per heavy atom. The molecule has 7 heteroatoms. The van der Waals surface area contributed by atoms with Crippen LogP contribution in [0.15, 0.2) is 18.5 Å². The highest BCUT2D eigenvalue weighted by Gasteiger charge is 2.31. The normalized spacial score (nSPS) is 22.4. The van der Waals surface area contributed by atoms with Gasteiger partial charge in [0.05, 0.1) is 11.3 Å². The minimum atomic E-state index is -0.103. The molecule has 0 spiro atoms. The number of aryl methyl sites for hydroxylation is 1. The maximum atomic E-state index is 6.47. The molecule has 5 rings (SSSR count). The van der Waals surface area contributed by atoms with Crippen LogP contribution in [0, 0.1) is 6.92 Å². The second kappa shape index (κ2) is 7.12. The van der Waals surface area contributed by atoms with E-state index in [-0.39, 0.29) is 6.10 Å². The zero-order valence-electron chi connectivity index (χ0n) is 16.7. The summed E-state index contributed by atoms with van der Waals surface area (Å²) in [5.74, 6) is 5.69. The number of aromatic nitrogens is 2. The molecule has 0 radical (unpaired) electrons. The van der Waals surface area contributed by atoms with Crippen LogP contribution in [0.3, 0.4) is 0 Å². The van der Waals surface area contributed by atoms with E-state index in [0.717, 1.165) is 66.3 Å². The van der Waals surface area contributed by atoms with Crippen molar-refractivity contribution in [3.8, 4) is 5.75 Å². The van der Waals surface area contributed by atoms with E-state index in [1.165, 1.54) is 11.1 Å². The summed E-state index contributed by atoms with van der Waals surface area (Å²) in [6.07, 6.45) is 1.58. The van der Waals surface area contributed by atoms with Crippen LogP contribution in [0.2, 0.25) is 0 Å². The largest absolute Gasteiger partial charge is 0.483 e. The minimum absolute atomic E-state index is 0.103. The summed E-state index contributed by atoms with van der Waals surface area (Å²) in [5.41, 5.74) is 4.64. The van der Waals surface area contributed by atoms with E-state index >= 15 is 0 Å². The molecule has 2 aromatic rings. The third kappa shape index (κ3) is 3.10. The van der Waals surface area contributed by atoms with Gasteiger partial charge in [-0.05, 0) is 38.1 Å². The fraction of sp³-hybridized carbons (Fsp3) is 0.524. The number of hydrogen-bond donors (Lipinski definition) is 1. The fourth-order valence-corrected chi connectivity index (χ4v) is 5.35. The predicted molar refractivity (Wildman–Crippen MR) is 115 cm³/mol. The van der Waals surface area contributed by atoms with Crippen molar-refractivity contribution in [3.05, 3.63) is 35.2 Å². The molecule has 0 bridgehead atoms. The van der Waals surface area contributed by atoms with Gasteiger partial charge < -0.3 is 19.9 Å². The van der Waals surface area contributed by atoms with E-state index < -0.39 is 0 Å². The Hall–Kier alpha value is -1.99. The lowest BCUT2D eigenvalue weighted by molar-refractivity contribution is 0.189. The van der Waals surface area contributed by atoms with Gasteiger partial charge in [0.2, 0.25) is 0 Å². The lowest BCUT2D eigenvalue weighted by Crippen LogP contribution is -2.41. The van der Waals surface area contributed by atoms with E-state index in [2.05, 4.69) is 58.1 Å². The van der Waals surface area contributed by atoms with Gasteiger partial charge >= 0.3 is 0 Å². The fourth-order valence-electron chi connectivity index (χ4n) is 4.45. The molecular weight excluding hydrogens is 370 g/mol. The zero-order valence-corrected chi connectivity index (χ0v) is 17.6. The first-order valence-corrected chi connectivity index (χ1v) is 11.2. The topological polar surface area (TPSA) is 53.5 Å². The number of benzene rings is 1. The number of thioether (sulfide) groups is 1. The van der Waals surface area contributed by atoms with Crippen molar-refractivity contribution >= 4 is 29.1 Å². The Labute approximate surface area is 170 Å². The van der Waals surface area contributed by atoms with Crippen molar-refractivity contribution in [1.29, 1.82) is 0 Å². The van der Waals surface area contributed by atoms with Gasteiger partial charge in [0, 0.05) is 43.6 Å². The molecule has 1 atom stereocenters. The minimum Gasteiger partial charge on any atom is -0.483 e. The Kier molecular flexibility index (Phi) is 4.59. The summed E-state index contributed by atoms with van der Waals surface area (Å²) in [6.45, 7) is 8.52. The van der Waals surface area contributed by atoms with Gasteiger partial charge in [-0.2, -0.15) is 11.8 Å². The molecule has 2 fully saturated rings. The quantitative estimate of drug-likeness (QED) is 0.831. The highest BCUT2D eigenvalue weighted by molar-refractivity contribution is 7.99. The highest BCUT2D eigenvalue weighted by Crippen LogP contribution is 2.44. The molecular formula is C21H27N5OS. The molecule has 4 heterocycles. The molecule has 1 N–H and O–H groups in total. The Balaban J connectivity index is 1.54. The van der Waals surface area contributed by atoms with Crippen LogP contribution in [0.5, 0.6) is 5.75 Å². The summed E-state index contributed by atoms with van der Waals surface area (Å²) >= 11 is 2.00. The second-order valence-corrected chi connectivity index (χ2v) is 9.30. The first-order chi connectivity index (χ1) is 13.6. The SMILES string of the molecule is Cc1cc(C2CN(C)C2)cc2c1OC(C)c1c(ncnc1N1CCSCC1)N2. The van der Waals surface area contributed by atoms with Crippen LogP contribution < -0.4 is 15.0 Å². The van der Waals surface area contributed by atoms with Crippen LogP contribution >= 0.6 is 11.8 Å². The monoisotopic (exact) mass is 397 g/mol. The number of likely N-dealkylation sites (tertiary alicyclic amines) is 1. The van der Waals surface area contributed by atoms with Crippen molar-refractivity contribution in [1.82, 2.24) is 14.9 Å². The maximum Gasteiger partial charge on any atom is 0.146 e. The summed E-state index contributed by atoms with van der Waals surface area (Å²) < 4.78 is 6.47. The smallest absolute Gasteiger partial charge is 0.146 e. The third-order valence-electron chi connectivity index (χ3n) is 5.96. The summed E-state index contributed by atoms with van der Waals surface area (Å²) in [7, 11) is 2.17. The van der Waals surface area contributed by atoms with Crippen LogP contribution in [0.1, 0.15) is 35.6 Å². The molecule has 28 heavy (non-hydrogen) atoms. The number of fused-ring (bicyclic) bond motifs is 2. The van der Waals surface area contributed by atoms with Crippen LogP contribution in [0.4, 0.5) is 17.3 Å². The average molecular weight is 398 g/mol. The van der Waals surface area contributed by atoms with Crippen molar-refractivity contribution < 1.29 is 4.74 Å². The number of rotatable bonds is 2. The second-order valence-electron chi connectivity index (χ2n) is 8.08. The predicted octanol–water partition coefficient (Wildman–Crippen LogP) is 3.56. The van der Waals surface area contributed by atoms with Crippen LogP contribution in [0.25, 0.3) is 0 Å². The number of likely N-dealkylation sites (N-methyl/N-ethyl adjacent to an activating group) is 1. The maximum absolute atomic E-state index is 6.47. The molecule has 1 aromatic heterocycles. The van der Waals surface area contributed by atoms with Crippen molar-refractivity contribution in [2.24, 2.45) is 0 Å². The molecule has 0 amide bonds. The number of hydrogen-bond acceptors (Lipinski definition) is 7. The molecule has 0 saturated carbocycles. The number of nitrogens with zero attached hydrogens (tertiary/aromatic N) is 4. The Morgan fingerprint density at radius 2 is 1.96 bits per heavy atom. The summed E-state index contributed by atoms with van der Waals surface area (Å²) in [6, 6.07) is 4.54. The van der Waals surface area contributed by atoms with E-state index in [1.807, 2.05) is 11.8 Å². The lowest BCUT2D eigenvalue weighted by atomic mass is 9.90. The van der Waals surface area contributed by atoms with Crippen LogP contribution in [-0.2, 0) is 0 Å². The number of anilines is 3. The first kappa shape index (κ1) is 18.1. The van der Waals surface area contributed by atoms with Gasteiger partial charge in [0.25, 0.3) is 0 Å². The Morgan fingerprint density at radius 1 is 1.18 bits per heavy atom. The van der Waals surface area contributed by atoms with Crippen molar-refractivity contribution in [2.45, 2.75) is 25.9 Å². The lowest BCUT2D eigenvalue weighted by Gasteiger charge is -2.37. The van der Waals surface area contributed by atoms with Crippen molar-refractivity contribution in [3.63, 3.8) is 0 Å². The van der Waals surface area contributed by atoms with Crippen LogP contribution in [-0.4, -0.2) is 59.6 Å². The van der Waals surface area contributed by atoms with Gasteiger partial charge in [-0.1, -0.05) is 6.07 Å². The Bertz CT molecular complexity index is 893. The van der Waals surface area contributed by atoms with Gasteiger partial charge in [0.15, 0.2) is 0 Å². The summed E-state index contributed by atoms with van der Waals surface area (Å²) in [5, 5.41) is 3.59. The highest BCUT2D eigenvalue weighted by atomic mass is 32.2. The molecule has 6 nitrogen and oxygen atoms in total. The van der Waals surface area contributed by atoms with Gasteiger partial charge in [-0.3, -0.25) is 0 Å². The number of nitrogens with one attached hydrogen (secondary N) is 1. The summed E-state index contributed by atoms with van der Waals surface area (Å²) in [4.78, 5) is 14.0. The van der Waals surface area contributed by atoms with E-state index in [4.69, 9.17) is 4.74 Å². The standard InChI is InChI=1S/C21H27N5OS/c1-13-8-15(16-10-25(3)11-16)9-17-19(13)27-14(2)18-20(24-17)22-12-23-21(18)26-4-6-28-7-5-26/h8-9,12,14,16H,4-7,10-11H2,1-3H3,(H,22,23,24). The van der Waals surface area contributed by atoms with E-state index in [0.29, 0.717) is 5.92 Å². The molecule has 3 aliphatic rings. The molecule has 148 valence electrons. The third-order valence-corrected chi connectivity index (χ3v) is 6.90. The van der Waals surface area contributed by atoms with E-state index in [9.17, 15) is 0 Å². The zero-order chi connectivity index (χ0) is 19.3. The molecule has 1 unspecified atom stereocenters. The molecule has 3 aliphatic heterocycles. The van der Waals surface area contributed by atoms with Gasteiger partial charge in [0.1, 0.15) is 29.8 Å². The molecule has 1 aromatic carbocycles. The molecule has 0 aliphatic carbocycles. The molecule has 2 saturated heterocycles. The average Bonchev–Trinajstić information content (AvgIpc) is 2.82. The van der Waals surface area contributed by atoms with Gasteiger partial charge in [-0.15, -0.1) is 0 Å². The van der Waals surface area contributed by atoms with Crippen molar-refractivity contribution in [2.75, 3.05) is 54.9 Å². The van der Waals surface area contributed by atoms with Gasteiger partial charge in [-0.25, -0.2) is 9.97 Å².